The zero-order valence-corrected chi connectivity index (χ0v) is 15.1. The van der Waals surface area contributed by atoms with E-state index in [1.54, 1.807) is 29.3 Å². The molecule has 2 aromatic rings. The number of hydrogen-bond acceptors (Lipinski definition) is 6. The van der Waals surface area contributed by atoms with Gasteiger partial charge in [0.2, 0.25) is 0 Å². The van der Waals surface area contributed by atoms with E-state index in [-0.39, 0.29) is 11.7 Å². The summed E-state index contributed by atoms with van der Waals surface area (Å²) in [5.74, 6) is 1.45. The minimum atomic E-state index is -3.36. The Bertz CT molecular complexity index is 813. The smallest absolute Gasteiger partial charge is 0.312 e. The lowest BCUT2D eigenvalue weighted by Crippen LogP contribution is -2.35. The zero-order valence-electron chi connectivity index (χ0n) is 14.3. The van der Waals surface area contributed by atoms with Crippen LogP contribution >= 0.6 is 0 Å². The molecule has 0 unspecified atom stereocenters. The molecule has 1 heterocycles. The predicted octanol–water partition coefficient (Wildman–Crippen LogP) is 3.05. The second-order valence-electron chi connectivity index (χ2n) is 6.24. The summed E-state index contributed by atoms with van der Waals surface area (Å²) in [5, 5.41) is 1.56. The first-order valence-corrected chi connectivity index (χ1v) is 10.1. The second-order valence-corrected chi connectivity index (χ2v) is 8.28. The first-order valence-electron chi connectivity index (χ1n) is 8.48. The molecule has 0 aromatic heterocycles. The number of sulfone groups is 1. The van der Waals surface area contributed by atoms with Crippen LogP contribution in [0.15, 0.2) is 59.5 Å². The molecule has 0 N–H and O–H groups in total. The first-order chi connectivity index (χ1) is 12.6. The molecule has 138 valence electrons. The van der Waals surface area contributed by atoms with Crippen LogP contribution in [-0.2, 0) is 19.5 Å². The molecule has 0 spiro atoms. The van der Waals surface area contributed by atoms with Gasteiger partial charge in [-0.25, -0.2) is 8.42 Å². The molecule has 0 aliphatic carbocycles. The van der Waals surface area contributed by atoms with Gasteiger partial charge in [0.05, 0.1) is 10.6 Å². The van der Waals surface area contributed by atoms with Crippen molar-refractivity contribution in [3.05, 3.63) is 54.6 Å². The number of hydroxylamine groups is 2. The van der Waals surface area contributed by atoms with Crippen molar-refractivity contribution < 1.29 is 22.8 Å². The Morgan fingerprint density at radius 2 is 1.58 bits per heavy atom. The van der Waals surface area contributed by atoms with Crippen molar-refractivity contribution in [2.75, 3.05) is 18.8 Å². The highest BCUT2D eigenvalue weighted by atomic mass is 32.2. The summed E-state index contributed by atoms with van der Waals surface area (Å²) in [7, 11) is -3.36. The van der Waals surface area contributed by atoms with Gasteiger partial charge in [-0.3, -0.25) is 4.79 Å². The molecule has 0 amide bonds. The summed E-state index contributed by atoms with van der Waals surface area (Å²) in [6, 6.07) is 15.8. The van der Waals surface area contributed by atoms with Crippen molar-refractivity contribution in [3.63, 3.8) is 0 Å². The minimum Gasteiger partial charge on any atom is -0.457 e. The molecule has 0 bridgehead atoms. The fraction of sp³-hybridized carbons (Fsp3) is 0.316. The summed E-state index contributed by atoms with van der Waals surface area (Å²) in [4.78, 5) is 15.4. The summed E-state index contributed by atoms with van der Waals surface area (Å²) >= 11 is 0. The van der Waals surface area contributed by atoms with E-state index in [0.29, 0.717) is 48.8 Å². The van der Waals surface area contributed by atoms with Crippen molar-refractivity contribution in [2.24, 2.45) is 5.92 Å². The quantitative estimate of drug-likeness (QED) is 0.693. The zero-order chi connectivity index (χ0) is 18.4. The molecule has 7 heteroatoms. The van der Waals surface area contributed by atoms with Gasteiger partial charge in [0.25, 0.3) is 0 Å². The molecular weight excluding hydrogens is 354 g/mol. The summed E-state index contributed by atoms with van der Waals surface area (Å²) in [5.41, 5.74) is 0. The molecule has 26 heavy (non-hydrogen) atoms. The van der Waals surface area contributed by atoms with Gasteiger partial charge in [0.1, 0.15) is 11.5 Å². The highest BCUT2D eigenvalue weighted by Gasteiger charge is 2.26. The van der Waals surface area contributed by atoms with Crippen molar-refractivity contribution in [3.8, 4) is 11.5 Å². The van der Waals surface area contributed by atoms with Crippen LogP contribution in [0.4, 0.5) is 0 Å². The van der Waals surface area contributed by atoms with Crippen LogP contribution in [-0.4, -0.2) is 38.8 Å². The van der Waals surface area contributed by atoms with E-state index in [9.17, 15) is 13.2 Å². The van der Waals surface area contributed by atoms with E-state index in [1.807, 2.05) is 30.3 Å². The van der Waals surface area contributed by atoms with E-state index in [0.717, 1.165) is 0 Å². The second kappa shape index (κ2) is 8.33. The first kappa shape index (κ1) is 18.4. The number of nitrogens with zero attached hydrogens (tertiary/aromatic N) is 1. The van der Waals surface area contributed by atoms with Gasteiger partial charge >= 0.3 is 6.47 Å². The number of carbonyl (C=O) groups excluding carboxylic acids is 1. The maximum Gasteiger partial charge on any atom is 0.312 e. The number of para-hydroxylation sites is 1. The molecule has 3 rings (SSSR count). The standard InChI is InChI=1S/C19H21NO5S/c21-15-24-20-12-10-16(11-13-20)14-26(22,23)19-8-6-18(7-9-19)25-17-4-2-1-3-5-17/h1-9,15-16H,10-14H2. The Kier molecular flexibility index (Phi) is 5.90. The Morgan fingerprint density at radius 1 is 0.962 bits per heavy atom. The Balaban J connectivity index is 1.60. The van der Waals surface area contributed by atoms with Crippen LogP contribution in [0.25, 0.3) is 0 Å². The largest absolute Gasteiger partial charge is 0.457 e. The Morgan fingerprint density at radius 3 is 2.19 bits per heavy atom. The van der Waals surface area contributed by atoms with E-state index in [2.05, 4.69) is 0 Å². The molecular formula is C19H21NO5S. The van der Waals surface area contributed by atoms with Crippen molar-refractivity contribution >= 4 is 16.3 Å². The average molecular weight is 375 g/mol. The van der Waals surface area contributed by atoms with Gasteiger partial charge in [0, 0.05) is 13.1 Å². The molecule has 1 fully saturated rings. The SMILES string of the molecule is O=CON1CCC(CS(=O)(=O)c2ccc(Oc3ccccc3)cc2)CC1. The normalized spacial score (nSPS) is 16.2. The van der Waals surface area contributed by atoms with Crippen LogP contribution in [0.3, 0.4) is 0 Å². The fourth-order valence-corrected chi connectivity index (χ4v) is 4.69. The molecule has 1 aliphatic heterocycles. The molecule has 1 aliphatic rings. The third-order valence-corrected chi connectivity index (χ3v) is 6.28. The lowest BCUT2D eigenvalue weighted by Gasteiger charge is -2.29. The lowest BCUT2D eigenvalue weighted by molar-refractivity contribution is -0.179. The molecule has 0 radical (unpaired) electrons. The van der Waals surface area contributed by atoms with Gasteiger partial charge in [-0.05, 0) is 55.2 Å². The highest BCUT2D eigenvalue weighted by Crippen LogP contribution is 2.26. The van der Waals surface area contributed by atoms with Crippen molar-refractivity contribution in [2.45, 2.75) is 17.7 Å². The van der Waals surface area contributed by atoms with Crippen LogP contribution in [0.1, 0.15) is 12.8 Å². The van der Waals surface area contributed by atoms with Gasteiger partial charge < -0.3 is 9.57 Å². The number of ether oxygens (including phenoxy) is 1. The average Bonchev–Trinajstić information content (AvgIpc) is 2.65. The lowest BCUT2D eigenvalue weighted by atomic mass is 10.0. The van der Waals surface area contributed by atoms with E-state index < -0.39 is 9.84 Å². The number of rotatable bonds is 7. The summed E-state index contributed by atoms with van der Waals surface area (Å²) in [6.45, 7) is 1.52. The monoisotopic (exact) mass is 375 g/mol. The minimum absolute atomic E-state index is 0.0618. The molecule has 2 aromatic carbocycles. The van der Waals surface area contributed by atoms with Gasteiger partial charge in [0.15, 0.2) is 9.84 Å². The highest BCUT2D eigenvalue weighted by molar-refractivity contribution is 7.91. The van der Waals surface area contributed by atoms with Crippen LogP contribution in [0.5, 0.6) is 11.5 Å². The summed E-state index contributed by atoms with van der Waals surface area (Å²) < 4.78 is 31.0. The van der Waals surface area contributed by atoms with Crippen molar-refractivity contribution in [1.82, 2.24) is 5.06 Å². The Labute approximate surface area is 153 Å². The number of carbonyl (C=O) groups is 1. The van der Waals surface area contributed by atoms with Crippen molar-refractivity contribution in [1.29, 1.82) is 0 Å². The molecule has 6 nitrogen and oxygen atoms in total. The summed E-state index contributed by atoms with van der Waals surface area (Å²) in [6.07, 6.45) is 1.37. The van der Waals surface area contributed by atoms with Crippen LogP contribution in [0, 0.1) is 5.92 Å². The van der Waals surface area contributed by atoms with E-state index >= 15 is 0 Å². The third kappa shape index (κ3) is 4.83. The number of hydrogen-bond donors (Lipinski definition) is 0. The predicted molar refractivity (Wildman–Crippen MR) is 96.5 cm³/mol. The maximum absolute atomic E-state index is 12.6. The maximum atomic E-state index is 12.6. The topological polar surface area (TPSA) is 72.9 Å². The van der Waals surface area contributed by atoms with E-state index in [1.165, 1.54) is 0 Å². The third-order valence-electron chi connectivity index (χ3n) is 4.38. The molecule has 0 atom stereocenters. The van der Waals surface area contributed by atoms with Crippen LogP contribution < -0.4 is 4.74 Å². The van der Waals surface area contributed by atoms with Gasteiger partial charge in [-0.15, -0.1) is 5.06 Å². The fourth-order valence-electron chi connectivity index (χ4n) is 2.99. The number of benzene rings is 2. The molecule has 1 saturated heterocycles. The van der Waals surface area contributed by atoms with Gasteiger partial charge in [-0.1, -0.05) is 18.2 Å². The number of piperidine rings is 1. The van der Waals surface area contributed by atoms with Gasteiger partial charge in [-0.2, -0.15) is 0 Å². The molecule has 0 saturated carbocycles. The van der Waals surface area contributed by atoms with Crippen LogP contribution in [0.2, 0.25) is 0 Å². The Hall–Kier alpha value is -2.38. The van der Waals surface area contributed by atoms with E-state index in [4.69, 9.17) is 9.57 Å².